The van der Waals surface area contributed by atoms with Gasteiger partial charge in [-0.15, -0.1) is 11.3 Å². The lowest BCUT2D eigenvalue weighted by Crippen LogP contribution is -2.01. The van der Waals surface area contributed by atoms with Crippen LogP contribution in [0.4, 0.5) is 0 Å². The third-order valence-electron chi connectivity index (χ3n) is 2.65. The molecule has 0 radical (unpaired) electrons. The number of hydrogen-bond acceptors (Lipinski definition) is 2. The predicted molar refractivity (Wildman–Crippen MR) is 73.9 cm³/mol. The lowest BCUT2D eigenvalue weighted by atomic mass is 10.0. The summed E-state index contributed by atoms with van der Waals surface area (Å²) in [4.78, 5) is 1.11. The van der Waals surface area contributed by atoms with Crippen molar-refractivity contribution in [3.8, 4) is 0 Å². The van der Waals surface area contributed by atoms with E-state index in [4.69, 9.17) is 11.6 Å². The number of halogens is 1. The van der Waals surface area contributed by atoms with Gasteiger partial charge in [-0.2, -0.15) is 0 Å². The van der Waals surface area contributed by atoms with Crippen LogP contribution in [0.5, 0.6) is 0 Å². The van der Waals surface area contributed by atoms with Gasteiger partial charge in [0.2, 0.25) is 0 Å². The van der Waals surface area contributed by atoms with Gasteiger partial charge in [0.15, 0.2) is 0 Å². The van der Waals surface area contributed by atoms with Crippen LogP contribution in [0.25, 0.3) is 0 Å². The van der Waals surface area contributed by atoms with Crippen LogP contribution in [0, 0.1) is 13.8 Å². The predicted octanol–water partition coefficient (Wildman–Crippen LogP) is 4.29. The van der Waals surface area contributed by atoms with Crippen LogP contribution < -0.4 is 0 Å². The van der Waals surface area contributed by atoms with E-state index in [1.807, 2.05) is 38.1 Å². The van der Waals surface area contributed by atoms with Gasteiger partial charge >= 0.3 is 0 Å². The molecular formula is C14H15ClOS. The molecule has 0 fully saturated rings. The first-order valence-corrected chi connectivity index (χ1v) is 6.74. The average molecular weight is 267 g/mol. The summed E-state index contributed by atoms with van der Waals surface area (Å²) in [6, 6.07) is 10.0. The van der Waals surface area contributed by atoms with Gasteiger partial charge in [0.05, 0.1) is 10.4 Å². The minimum atomic E-state index is -0.455. The van der Waals surface area contributed by atoms with Crippen molar-refractivity contribution in [2.75, 3.05) is 0 Å². The highest BCUT2D eigenvalue weighted by Gasteiger charge is 2.11. The summed E-state index contributed by atoms with van der Waals surface area (Å²) in [6.07, 6.45) is 0.170. The molecule has 90 valence electrons. The van der Waals surface area contributed by atoms with Crippen molar-refractivity contribution in [1.82, 2.24) is 0 Å². The van der Waals surface area contributed by atoms with Crippen molar-refractivity contribution in [3.63, 3.8) is 0 Å². The van der Waals surface area contributed by atoms with Gasteiger partial charge in [-0.3, -0.25) is 0 Å². The third kappa shape index (κ3) is 3.32. The molecule has 17 heavy (non-hydrogen) atoms. The van der Waals surface area contributed by atoms with E-state index in [0.717, 1.165) is 14.8 Å². The first-order chi connectivity index (χ1) is 8.04. The number of aliphatic hydroxyl groups is 1. The number of aliphatic hydroxyl groups excluding tert-OH is 1. The smallest absolute Gasteiger partial charge is 0.0931 e. The van der Waals surface area contributed by atoms with Crippen LogP contribution in [0.1, 0.15) is 27.7 Å². The molecule has 1 unspecified atom stereocenters. The van der Waals surface area contributed by atoms with Gasteiger partial charge < -0.3 is 5.11 Å². The van der Waals surface area contributed by atoms with Crippen molar-refractivity contribution in [2.45, 2.75) is 26.4 Å². The molecule has 0 saturated carbocycles. The number of aryl methyl sites for hydroxylation is 2. The second-order valence-corrected chi connectivity index (χ2v) is 6.15. The molecule has 0 amide bonds. The largest absolute Gasteiger partial charge is 0.388 e. The number of thiophene rings is 1. The zero-order valence-electron chi connectivity index (χ0n) is 9.90. The van der Waals surface area contributed by atoms with Gasteiger partial charge in [0.1, 0.15) is 0 Å². The lowest BCUT2D eigenvalue weighted by molar-refractivity contribution is 0.179. The Hall–Kier alpha value is -0.830. The van der Waals surface area contributed by atoms with Crippen molar-refractivity contribution < 1.29 is 5.11 Å². The van der Waals surface area contributed by atoms with Gasteiger partial charge in [-0.1, -0.05) is 40.9 Å². The molecule has 3 heteroatoms. The van der Waals surface area contributed by atoms with E-state index in [2.05, 4.69) is 6.07 Å². The van der Waals surface area contributed by atoms with Crippen LogP contribution >= 0.6 is 22.9 Å². The van der Waals surface area contributed by atoms with Gasteiger partial charge in [0.25, 0.3) is 0 Å². The minimum absolute atomic E-state index is 0.455. The Morgan fingerprint density at radius 3 is 2.35 bits per heavy atom. The van der Waals surface area contributed by atoms with Crippen LogP contribution in [0.3, 0.4) is 0 Å². The van der Waals surface area contributed by atoms with Crippen molar-refractivity contribution in [2.24, 2.45) is 0 Å². The van der Waals surface area contributed by atoms with Crippen LogP contribution in [0.2, 0.25) is 4.34 Å². The topological polar surface area (TPSA) is 20.2 Å². The molecule has 0 aliphatic rings. The molecule has 1 heterocycles. The maximum Gasteiger partial charge on any atom is 0.0931 e. The Morgan fingerprint density at radius 1 is 1.18 bits per heavy atom. The van der Waals surface area contributed by atoms with E-state index in [0.29, 0.717) is 6.42 Å². The number of hydrogen-bond donors (Lipinski definition) is 1. The zero-order chi connectivity index (χ0) is 12.4. The normalized spacial score (nSPS) is 12.7. The first-order valence-electron chi connectivity index (χ1n) is 5.55. The highest BCUT2D eigenvalue weighted by Crippen LogP contribution is 2.27. The van der Waals surface area contributed by atoms with Gasteiger partial charge in [0, 0.05) is 11.3 Å². The van der Waals surface area contributed by atoms with Gasteiger partial charge in [-0.05, 0) is 31.5 Å². The van der Waals surface area contributed by atoms with Crippen molar-refractivity contribution >= 4 is 22.9 Å². The van der Waals surface area contributed by atoms with Crippen LogP contribution in [-0.4, -0.2) is 5.11 Å². The fraction of sp³-hybridized carbons (Fsp3) is 0.286. The fourth-order valence-electron chi connectivity index (χ4n) is 1.97. The van der Waals surface area contributed by atoms with E-state index in [1.165, 1.54) is 22.5 Å². The summed E-state index contributed by atoms with van der Waals surface area (Å²) in [5.41, 5.74) is 3.35. The molecule has 0 bridgehead atoms. The third-order valence-corrected chi connectivity index (χ3v) is 3.91. The first kappa shape index (κ1) is 12.6. The molecule has 1 nitrogen and oxygen atoms in total. The maximum absolute atomic E-state index is 10.2. The Labute approximate surface area is 111 Å². The molecule has 1 aromatic heterocycles. The summed E-state index contributed by atoms with van der Waals surface area (Å²) >= 11 is 7.40. The standard InChI is InChI=1S/C14H15ClOS/c1-9-5-10(2)7-11(6-9)13(16)8-12-3-4-14(15)17-12/h3-7,13,16H,8H2,1-2H3. The quantitative estimate of drug-likeness (QED) is 0.878. The molecule has 0 spiro atoms. The molecule has 2 aromatic rings. The zero-order valence-corrected chi connectivity index (χ0v) is 11.5. The molecule has 2 rings (SSSR count). The highest BCUT2D eigenvalue weighted by molar-refractivity contribution is 7.16. The fourth-order valence-corrected chi connectivity index (χ4v) is 3.10. The van der Waals surface area contributed by atoms with Crippen molar-refractivity contribution in [1.29, 1.82) is 0 Å². The van der Waals surface area contributed by atoms with E-state index in [-0.39, 0.29) is 0 Å². The molecule has 0 saturated heterocycles. The summed E-state index contributed by atoms with van der Waals surface area (Å²) < 4.78 is 0.771. The number of benzene rings is 1. The Morgan fingerprint density at radius 2 is 1.82 bits per heavy atom. The van der Waals surface area contributed by atoms with Crippen molar-refractivity contribution in [3.05, 3.63) is 56.2 Å². The summed E-state index contributed by atoms with van der Waals surface area (Å²) in [6.45, 7) is 4.09. The monoisotopic (exact) mass is 266 g/mol. The molecule has 0 aliphatic heterocycles. The molecule has 1 atom stereocenters. The van der Waals surface area contributed by atoms with Crippen LogP contribution in [0.15, 0.2) is 30.3 Å². The second-order valence-electron chi connectivity index (χ2n) is 4.35. The summed E-state index contributed by atoms with van der Waals surface area (Å²) in [7, 11) is 0. The lowest BCUT2D eigenvalue weighted by Gasteiger charge is -2.11. The number of rotatable bonds is 3. The van der Waals surface area contributed by atoms with E-state index in [1.54, 1.807) is 0 Å². The highest BCUT2D eigenvalue weighted by atomic mass is 35.5. The van der Waals surface area contributed by atoms with Gasteiger partial charge in [-0.25, -0.2) is 0 Å². The SMILES string of the molecule is Cc1cc(C)cc(C(O)Cc2ccc(Cl)s2)c1. The molecule has 1 N–H and O–H groups in total. The second kappa shape index (κ2) is 5.21. The average Bonchev–Trinajstić information content (AvgIpc) is 2.62. The maximum atomic E-state index is 10.2. The Kier molecular flexibility index (Phi) is 3.87. The van der Waals surface area contributed by atoms with E-state index < -0.39 is 6.10 Å². The van der Waals surface area contributed by atoms with E-state index in [9.17, 15) is 5.11 Å². The van der Waals surface area contributed by atoms with E-state index >= 15 is 0 Å². The molecule has 0 aliphatic carbocycles. The summed E-state index contributed by atoms with van der Waals surface area (Å²) in [5, 5.41) is 10.2. The summed E-state index contributed by atoms with van der Waals surface area (Å²) in [5.74, 6) is 0. The minimum Gasteiger partial charge on any atom is -0.388 e. The van der Waals surface area contributed by atoms with Crippen LogP contribution in [-0.2, 0) is 6.42 Å². The molecular weight excluding hydrogens is 252 g/mol. The molecule has 1 aromatic carbocycles. The Bertz CT molecular complexity index is 498. The Balaban J connectivity index is 2.16.